The van der Waals surface area contributed by atoms with Crippen LogP contribution in [0.2, 0.25) is 10.0 Å². The highest BCUT2D eigenvalue weighted by Gasteiger charge is 2.38. The molecule has 0 atom stereocenters. The van der Waals surface area contributed by atoms with Crippen LogP contribution in [0.3, 0.4) is 0 Å². The first-order chi connectivity index (χ1) is 17.1. The standard InChI is InChI=1S/C26H17Cl4FN2O3/c1-15(34)33(26(29,30)14-23(35)16-8-10-18(31)11-9-16)19-5-2-4-17(12-19)24-13-22(32-36-24)25-20(27)6-3-7-21(25)28/h2-13H,14H2,1H3. The molecule has 10 heteroatoms. The third-order valence-corrected chi connectivity index (χ3v) is 6.53. The minimum Gasteiger partial charge on any atom is -0.356 e. The van der Waals surface area contributed by atoms with Gasteiger partial charge >= 0.3 is 0 Å². The van der Waals surface area contributed by atoms with Gasteiger partial charge in [-0.15, -0.1) is 0 Å². The number of benzene rings is 3. The zero-order valence-electron chi connectivity index (χ0n) is 18.6. The fourth-order valence-corrected chi connectivity index (χ4v) is 4.95. The molecule has 0 bridgehead atoms. The van der Waals surface area contributed by atoms with E-state index in [1.807, 2.05) is 0 Å². The lowest BCUT2D eigenvalue weighted by atomic mass is 10.1. The number of amides is 1. The summed E-state index contributed by atoms with van der Waals surface area (Å²) in [5.74, 6) is -1.06. The molecule has 0 radical (unpaired) electrons. The van der Waals surface area contributed by atoms with Crippen LogP contribution in [0.1, 0.15) is 23.7 Å². The van der Waals surface area contributed by atoms with E-state index < -0.39 is 28.4 Å². The maximum absolute atomic E-state index is 13.2. The van der Waals surface area contributed by atoms with E-state index in [9.17, 15) is 14.0 Å². The molecule has 0 unspecified atom stereocenters. The fraction of sp³-hybridized carbons (Fsp3) is 0.115. The van der Waals surface area contributed by atoms with Gasteiger partial charge in [0.15, 0.2) is 11.5 Å². The number of aromatic nitrogens is 1. The Labute approximate surface area is 226 Å². The van der Waals surface area contributed by atoms with Crippen LogP contribution < -0.4 is 4.90 Å². The van der Waals surface area contributed by atoms with Crippen molar-refractivity contribution < 1.29 is 18.5 Å². The van der Waals surface area contributed by atoms with Gasteiger partial charge in [-0.1, -0.05) is 69.8 Å². The van der Waals surface area contributed by atoms with Crippen molar-refractivity contribution in [2.45, 2.75) is 17.8 Å². The Morgan fingerprint density at radius 1 is 0.972 bits per heavy atom. The summed E-state index contributed by atoms with van der Waals surface area (Å²) < 4.78 is 16.8. The number of nitrogens with zero attached hydrogens (tertiary/aromatic N) is 2. The summed E-state index contributed by atoms with van der Waals surface area (Å²) in [5, 5.41) is 4.91. The Bertz CT molecular complexity index is 1420. The van der Waals surface area contributed by atoms with Gasteiger partial charge in [-0.05, 0) is 48.5 Å². The first kappa shape index (κ1) is 26.2. The molecule has 184 valence electrons. The van der Waals surface area contributed by atoms with Gasteiger partial charge < -0.3 is 4.52 Å². The second kappa shape index (κ2) is 10.6. The molecule has 0 aliphatic heterocycles. The largest absolute Gasteiger partial charge is 0.356 e. The molecule has 0 aliphatic carbocycles. The molecule has 36 heavy (non-hydrogen) atoms. The lowest BCUT2D eigenvalue weighted by molar-refractivity contribution is -0.116. The van der Waals surface area contributed by atoms with Crippen molar-refractivity contribution >= 4 is 63.8 Å². The molecule has 5 nitrogen and oxygen atoms in total. The molecule has 0 saturated heterocycles. The Kier molecular flexibility index (Phi) is 7.71. The minimum absolute atomic E-state index is 0.215. The summed E-state index contributed by atoms with van der Waals surface area (Å²) in [6.07, 6.45) is -0.428. The van der Waals surface area contributed by atoms with Gasteiger partial charge in [-0.3, -0.25) is 14.5 Å². The van der Waals surface area contributed by atoms with E-state index in [0.29, 0.717) is 38.3 Å². The van der Waals surface area contributed by atoms with Crippen LogP contribution in [-0.4, -0.2) is 21.3 Å². The maximum Gasteiger partial charge on any atom is 0.226 e. The summed E-state index contributed by atoms with van der Waals surface area (Å²) in [4.78, 5) is 26.4. The van der Waals surface area contributed by atoms with Gasteiger partial charge in [0.1, 0.15) is 11.5 Å². The Hall–Kier alpha value is -2.90. The zero-order chi connectivity index (χ0) is 26.0. The van der Waals surface area contributed by atoms with E-state index in [4.69, 9.17) is 50.9 Å². The number of halogens is 5. The number of hydrogen-bond acceptors (Lipinski definition) is 4. The second-order valence-corrected chi connectivity index (χ2v) is 10.1. The molecule has 3 aromatic carbocycles. The zero-order valence-corrected chi connectivity index (χ0v) is 21.7. The number of alkyl halides is 2. The SMILES string of the molecule is CC(=O)N(c1cccc(-c2cc(-c3c(Cl)cccc3Cl)no2)c1)C(Cl)(Cl)CC(=O)c1ccc(F)cc1. The number of rotatable bonds is 7. The van der Waals surface area contributed by atoms with Gasteiger partial charge in [-0.2, -0.15) is 0 Å². The number of ketones is 1. The predicted octanol–water partition coefficient (Wildman–Crippen LogP) is 8.21. The molecule has 0 saturated carbocycles. The van der Waals surface area contributed by atoms with Crippen molar-refractivity contribution in [2.24, 2.45) is 0 Å². The first-order valence-electron chi connectivity index (χ1n) is 10.6. The summed E-state index contributed by atoms with van der Waals surface area (Å²) >= 11 is 25.6. The molecule has 1 aromatic heterocycles. The fourth-order valence-electron chi connectivity index (χ4n) is 3.68. The number of hydrogen-bond donors (Lipinski definition) is 0. The highest BCUT2D eigenvalue weighted by Crippen LogP contribution is 2.39. The van der Waals surface area contributed by atoms with E-state index in [0.717, 1.165) is 17.0 Å². The van der Waals surface area contributed by atoms with Gasteiger partial charge in [0, 0.05) is 35.4 Å². The average Bonchev–Trinajstić information content (AvgIpc) is 3.28. The van der Waals surface area contributed by atoms with Crippen molar-refractivity contribution in [2.75, 3.05) is 4.90 Å². The van der Waals surface area contributed by atoms with Crippen molar-refractivity contribution in [3.8, 4) is 22.6 Å². The monoisotopic (exact) mass is 564 g/mol. The van der Waals surface area contributed by atoms with E-state index >= 15 is 0 Å². The number of Topliss-reactive ketones (excluding diaryl/α,β-unsaturated/α-hetero) is 1. The number of carbonyl (C=O) groups is 2. The molecule has 0 N–H and O–H groups in total. The highest BCUT2D eigenvalue weighted by atomic mass is 35.5. The third-order valence-electron chi connectivity index (χ3n) is 5.30. The molecule has 4 rings (SSSR count). The molecule has 0 fully saturated rings. The lowest BCUT2D eigenvalue weighted by Crippen LogP contribution is -2.44. The van der Waals surface area contributed by atoms with Crippen LogP contribution in [0.4, 0.5) is 10.1 Å². The summed E-state index contributed by atoms with van der Waals surface area (Å²) in [6, 6.07) is 18.4. The predicted molar refractivity (Wildman–Crippen MR) is 140 cm³/mol. The van der Waals surface area contributed by atoms with Crippen LogP contribution in [0, 0.1) is 5.82 Å². The van der Waals surface area contributed by atoms with E-state index in [1.165, 1.54) is 19.1 Å². The number of carbonyl (C=O) groups excluding carboxylic acids is 2. The van der Waals surface area contributed by atoms with Gasteiger partial charge in [0.05, 0.1) is 16.5 Å². The highest BCUT2D eigenvalue weighted by molar-refractivity contribution is 6.52. The van der Waals surface area contributed by atoms with Gasteiger partial charge in [-0.25, -0.2) is 4.39 Å². The molecular formula is C26H17Cl4FN2O3. The van der Waals surface area contributed by atoms with Crippen LogP contribution in [0.15, 0.2) is 77.3 Å². The molecule has 4 aromatic rings. The van der Waals surface area contributed by atoms with Crippen molar-refractivity contribution in [1.82, 2.24) is 5.16 Å². The minimum atomic E-state index is -1.92. The van der Waals surface area contributed by atoms with Gasteiger partial charge in [0.25, 0.3) is 0 Å². The molecule has 1 heterocycles. The van der Waals surface area contributed by atoms with E-state index in [1.54, 1.807) is 48.5 Å². The lowest BCUT2D eigenvalue weighted by Gasteiger charge is -2.33. The van der Waals surface area contributed by atoms with Crippen LogP contribution in [0.25, 0.3) is 22.6 Å². The van der Waals surface area contributed by atoms with Crippen molar-refractivity contribution in [3.05, 3.63) is 94.2 Å². The van der Waals surface area contributed by atoms with Gasteiger partial charge in [0.2, 0.25) is 10.4 Å². The summed E-state index contributed by atoms with van der Waals surface area (Å²) in [7, 11) is 0. The summed E-state index contributed by atoms with van der Waals surface area (Å²) in [5.41, 5.74) is 2.06. The number of anilines is 1. The quantitative estimate of drug-likeness (QED) is 0.129. The average molecular weight is 566 g/mol. The van der Waals surface area contributed by atoms with Crippen LogP contribution in [-0.2, 0) is 4.79 Å². The van der Waals surface area contributed by atoms with Crippen LogP contribution in [0.5, 0.6) is 0 Å². The Morgan fingerprint density at radius 3 is 2.25 bits per heavy atom. The normalized spacial score (nSPS) is 11.4. The van der Waals surface area contributed by atoms with E-state index in [-0.39, 0.29) is 5.56 Å². The summed E-state index contributed by atoms with van der Waals surface area (Å²) in [6.45, 7) is 1.28. The second-order valence-electron chi connectivity index (χ2n) is 7.85. The molecule has 0 spiro atoms. The Balaban J connectivity index is 1.64. The van der Waals surface area contributed by atoms with Crippen molar-refractivity contribution in [3.63, 3.8) is 0 Å². The van der Waals surface area contributed by atoms with Crippen molar-refractivity contribution in [1.29, 1.82) is 0 Å². The third kappa shape index (κ3) is 5.57. The topological polar surface area (TPSA) is 63.4 Å². The smallest absolute Gasteiger partial charge is 0.226 e. The first-order valence-corrected chi connectivity index (χ1v) is 12.1. The van der Waals surface area contributed by atoms with E-state index in [2.05, 4.69) is 5.16 Å². The molecule has 0 aliphatic rings. The Morgan fingerprint density at radius 2 is 1.61 bits per heavy atom. The molecule has 1 amide bonds. The van der Waals surface area contributed by atoms with Crippen LogP contribution >= 0.6 is 46.4 Å². The molecular weight excluding hydrogens is 549 g/mol. The maximum atomic E-state index is 13.2.